The highest BCUT2D eigenvalue weighted by atomic mass is 128. The summed E-state index contributed by atoms with van der Waals surface area (Å²) in [6, 6.07) is 0. The second-order valence-corrected chi connectivity index (χ2v) is 12.1. The number of fused-ring (bicyclic) bond motifs is 4. The van der Waals surface area contributed by atoms with Crippen LogP contribution in [0.25, 0.3) is 0 Å². The fourth-order valence-electron chi connectivity index (χ4n) is 6.31. The summed E-state index contributed by atoms with van der Waals surface area (Å²) in [4.78, 5) is 9.88. The molecular formula is C27H51I3N2O4. The zero-order valence-electron chi connectivity index (χ0n) is 22.9. The Morgan fingerprint density at radius 3 is 1.78 bits per heavy atom. The van der Waals surface area contributed by atoms with Gasteiger partial charge in [-0.3, -0.25) is 0 Å². The van der Waals surface area contributed by atoms with E-state index in [0.717, 1.165) is 42.3 Å². The van der Waals surface area contributed by atoms with Gasteiger partial charge in [0.25, 0.3) is 0 Å². The number of methoxy groups -OCH3 is 2. The first kappa shape index (κ1) is 37.0. The van der Waals surface area contributed by atoms with E-state index < -0.39 is 0 Å². The summed E-state index contributed by atoms with van der Waals surface area (Å²) in [5.74, 6) is 3.73. The molecule has 0 aliphatic heterocycles. The highest BCUT2D eigenvalue weighted by Gasteiger charge is 2.56. The molecule has 0 spiro atoms. The van der Waals surface area contributed by atoms with E-state index in [4.69, 9.17) is 14.4 Å². The van der Waals surface area contributed by atoms with Crippen molar-refractivity contribution >= 4 is 71.2 Å². The summed E-state index contributed by atoms with van der Waals surface area (Å²) in [7, 11) is 6.77. The van der Waals surface area contributed by atoms with E-state index in [9.17, 15) is 0 Å². The second-order valence-electron chi connectivity index (χ2n) is 11.0. The molecule has 0 aromatic heterocycles. The summed E-state index contributed by atoms with van der Waals surface area (Å²) in [6.45, 7) is 11.1. The molecule has 214 valence electrons. The van der Waals surface area contributed by atoms with Gasteiger partial charge in [0.15, 0.2) is 0 Å². The maximum absolute atomic E-state index is 5.18. The average Bonchev–Trinajstić information content (AvgIpc) is 2.86. The number of nitrogens with zero attached hydrogens (tertiary/aromatic N) is 2. The predicted molar refractivity (Wildman–Crippen MR) is 179 cm³/mol. The van der Waals surface area contributed by atoms with Gasteiger partial charge in [0.1, 0.15) is 14.2 Å². The number of alkyl halides is 1. The van der Waals surface area contributed by atoms with E-state index in [-0.39, 0.29) is 7.43 Å². The summed E-state index contributed by atoms with van der Waals surface area (Å²) >= 11 is 6.50. The van der Waals surface area contributed by atoms with Crippen LogP contribution in [-0.4, -0.2) is 57.5 Å². The van der Waals surface area contributed by atoms with Crippen molar-refractivity contribution in [2.24, 2.45) is 50.7 Å². The molecule has 0 aromatic carbocycles. The van der Waals surface area contributed by atoms with Crippen molar-refractivity contribution in [3.63, 3.8) is 0 Å². The highest BCUT2D eigenvalue weighted by Crippen LogP contribution is 2.60. The van der Waals surface area contributed by atoms with Crippen LogP contribution in [0.4, 0.5) is 0 Å². The molecule has 0 heterocycles. The number of hydrogen-bond donors (Lipinski definition) is 0. The fourth-order valence-corrected chi connectivity index (χ4v) is 6.75. The Kier molecular flexibility index (Phi) is 18.9. The standard InChI is InChI=1S/C13H23NO2.C10H17NO.C3H7IO.CH4.I2/c1-13(2)10-7-9(5-6-15-3)12(14-16-4)11(13)8-10;1-10(2)7-4-5-9(11-12-3)8(10)6-7;1-5-3-2-4;;1-2/h9-11H,5-8H2,1-4H3;7-8H,4-6H2,1-3H3;2-3H2,1H3;1H4;/t9-,10-,11-;7-,8-;;;/m00.../s1. The third-order valence-electron chi connectivity index (χ3n) is 8.79. The Morgan fingerprint density at radius 2 is 1.36 bits per heavy atom. The molecule has 5 atom stereocenters. The molecule has 0 aromatic rings. The maximum atomic E-state index is 5.18. The van der Waals surface area contributed by atoms with Crippen LogP contribution in [0, 0.1) is 40.4 Å². The van der Waals surface area contributed by atoms with Gasteiger partial charge in [0.05, 0.1) is 18.0 Å². The van der Waals surface area contributed by atoms with Crippen LogP contribution in [0.3, 0.4) is 0 Å². The molecule has 36 heavy (non-hydrogen) atoms. The number of halogens is 3. The van der Waals surface area contributed by atoms with Gasteiger partial charge in [-0.15, -0.1) is 0 Å². The Labute approximate surface area is 258 Å². The average molecular weight is 848 g/mol. The molecule has 0 unspecified atom stereocenters. The van der Waals surface area contributed by atoms with E-state index in [1.165, 1.54) is 37.1 Å². The van der Waals surface area contributed by atoms with E-state index in [1.807, 2.05) is 0 Å². The van der Waals surface area contributed by atoms with Crippen LogP contribution in [0.15, 0.2) is 10.3 Å². The topological polar surface area (TPSA) is 61.6 Å². The first-order valence-corrected chi connectivity index (χ1v) is 20.4. The van der Waals surface area contributed by atoms with Crippen LogP contribution in [0.1, 0.15) is 73.6 Å². The Balaban J connectivity index is 0.000000543. The Hall–Kier alpha value is 1.05. The third-order valence-corrected chi connectivity index (χ3v) is 9.23. The Morgan fingerprint density at radius 1 is 0.806 bits per heavy atom. The zero-order chi connectivity index (χ0) is 26.6. The van der Waals surface area contributed by atoms with Gasteiger partial charge in [0.2, 0.25) is 0 Å². The van der Waals surface area contributed by atoms with Gasteiger partial charge in [-0.05, 0) is 61.2 Å². The molecular weight excluding hydrogens is 797 g/mol. The van der Waals surface area contributed by atoms with Crippen molar-refractivity contribution in [1.29, 1.82) is 0 Å². The zero-order valence-corrected chi connectivity index (χ0v) is 29.4. The molecule has 0 N–H and O–H groups in total. The molecule has 6 rings (SSSR count). The van der Waals surface area contributed by atoms with E-state index in [2.05, 4.69) is 103 Å². The monoisotopic (exact) mass is 848 g/mol. The minimum atomic E-state index is 0. The lowest BCUT2D eigenvalue weighted by atomic mass is 9.46. The largest absolute Gasteiger partial charge is 0.399 e. The minimum Gasteiger partial charge on any atom is -0.399 e. The lowest BCUT2D eigenvalue weighted by Gasteiger charge is -2.59. The summed E-state index contributed by atoms with van der Waals surface area (Å²) < 4.78 is 11.0. The lowest BCUT2D eigenvalue weighted by Crippen LogP contribution is -2.56. The summed E-state index contributed by atoms with van der Waals surface area (Å²) in [5, 5.41) is 8.41. The molecule has 4 bridgehead atoms. The van der Waals surface area contributed by atoms with Crippen molar-refractivity contribution in [3.05, 3.63) is 0 Å². The van der Waals surface area contributed by atoms with E-state index in [0.29, 0.717) is 28.6 Å². The molecule has 6 nitrogen and oxygen atoms in total. The van der Waals surface area contributed by atoms with Gasteiger partial charge < -0.3 is 19.1 Å². The van der Waals surface area contributed by atoms with Crippen molar-refractivity contribution in [2.75, 3.05) is 46.1 Å². The molecule has 6 saturated carbocycles. The van der Waals surface area contributed by atoms with Gasteiger partial charge in [-0.1, -0.05) is 68.0 Å². The van der Waals surface area contributed by atoms with E-state index in [1.54, 1.807) is 28.4 Å². The first-order chi connectivity index (χ1) is 16.7. The normalized spacial score (nSPS) is 31.9. The lowest BCUT2D eigenvalue weighted by molar-refractivity contribution is -0.0208. The summed E-state index contributed by atoms with van der Waals surface area (Å²) in [5.41, 5.74) is 3.51. The fraction of sp³-hybridized carbons (Fsp3) is 0.926. The van der Waals surface area contributed by atoms with Gasteiger partial charge in [-0.2, -0.15) is 0 Å². The molecule has 6 aliphatic rings. The van der Waals surface area contributed by atoms with Crippen LogP contribution in [-0.2, 0) is 19.1 Å². The quantitative estimate of drug-likeness (QED) is 0.146. The van der Waals surface area contributed by atoms with Crippen LogP contribution in [0.5, 0.6) is 0 Å². The third kappa shape index (κ3) is 9.31. The van der Waals surface area contributed by atoms with Crippen molar-refractivity contribution < 1.29 is 19.1 Å². The highest BCUT2D eigenvalue weighted by molar-refractivity contribution is 15.0. The minimum absolute atomic E-state index is 0. The molecule has 6 fully saturated rings. The molecule has 0 saturated heterocycles. The van der Waals surface area contributed by atoms with Crippen LogP contribution < -0.4 is 0 Å². The van der Waals surface area contributed by atoms with Gasteiger partial charge in [0, 0.05) is 80.2 Å². The molecule has 6 aliphatic carbocycles. The van der Waals surface area contributed by atoms with E-state index >= 15 is 0 Å². The Bertz CT molecular complexity index is 669. The second kappa shape index (κ2) is 18.4. The number of oxime groups is 2. The number of rotatable bonds is 7. The SMILES string of the molecule is C.COCCI.COCC[C@H]1C[C@H]2C[C@@H](C1=NOC)C2(C)C.CON=C1CC[C@H]2C[C@@H]1C2(C)C.II. The smallest absolute Gasteiger partial charge is 0.106 e. The van der Waals surface area contributed by atoms with Crippen LogP contribution in [0.2, 0.25) is 0 Å². The molecule has 0 radical (unpaired) electrons. The van der Waals surface area contributed by atoms with Crippen molar-refractivity contribution in [1.82, 2.24) is 0 Å². The number of hydrogen-bond acceptors (Lipinski definition) is 6. The molecule has 0 amide bonds. The van der Waals surface area contributed by atoms with Gasteiger partial charge >= 0.3 is 0 Å². The predicted octanol–water partition coefficient (Wildman–Crippen LogP) is 8.63. The number of ether oxygens (including phenoxy) is 2. The molecule has 9 heteroatoms. The first-order valence-electron chi connectivity index (χ1n) is 12.6. The van der Waals surface area contributed by atoms with Crippen molar-refractivity contribution in [2.45, 2.75) is 73.6 Å². The van der Waals surface area contributed by atoms with Crippen molar-refractivity contribution in [3.8, 4) is 0 Å². The van der Waals surface area contributed by atoms with Gasteiger partial charge in [-0.25, -0.2) is 0 Å². The summed E-state index contributed by atoms with van der Waals surface area (Å²) in [6.07, 6.45) is 7.46. The maximum Gasteiger partial charge on any atom is 0.106 e. The van der Waals surface area contributed by atoms with Crippen LogP contribution >= 0.6 is 59.8 Å².